The second kappa shape index (κ2) is 51.4. The summed E-state index contributed by atoms with van der Waals surface area (Å²) in [6.45, 7) is 7.96. The van der Waals surface area contributed by atoms with Crippen molar-refractivity contribution in [2.75, 3.05) is 72.5 Å². The molecule has 13 atom stereocenters. The van der Waals surface area contributed by atoms with Crippen LogP contribution in [0.1, 0.15) is 146 Å². The number of aryl methyl sites for hydroxylation is 1. The number of carbonyl (C=O) groups excluding carboxylic acids is 17. The number of rotatable bonds is 26. The third-order valence-electron chi connectivity index (χ3n) is 22.8. The number of hydrogen-bond acceptors (Lipinski definition) is 21. The molecule has 2 aliphatic heterocycles. The normalized spacial score (nSPS) is 23.7. The predicted molar refractivity (Wildman–Crippen MR) is 484 cm³/mol. The molecule has 0 spiro atoms. The fraction of sp³-hybridized carbons (Fsp3) is 0.539. The zero-order valence-electron chi connectivity index (χ0n) is 75.5. The monoisotopic (exact) mass is 1820 g/mol. The van der Waals surface area contributed by atoms with E-state index in [1.165, 1.54) is 52.5 Å². The van der Waals surface area contributed by atoms with E-state index >= 15 is 19.2 Å². The molecule has 41 heteroatoms. The van der Waals surface area contributed by atoms with E-state index in [9.17, 15) is 67.4 Å². The lowest BCUT2D eigenvalue weighted by Gasteiger charge is -2.36. The van der Waals surface area contributed by atoms with Crippen LogP contribution in [-0.2, 0) is 107 Å². The van der Waals surface area contributed by atoms with Crippen LogP contribution in [0.25, 0.3) is 10.9 Å². The molecule has 0 unspecified atom stereocenters. The van der Waals surface area contributed by atoms with E-state index in [0.29, 0.717) is 59.0 Å². The molecule has 130 heavy (non-hydrogen) atoms. The van der Waals surface area contributed by atoms with Gasteiger partial charge in [0.2, 0.25) is 94.5 Å². The average Bonchev–Trinajstić information content (AvgIpc) is 1.79. The summed E-state index contributed by atoms with van der Waals surface area (Å²) >= 11 is 0.798. The first-order valence-electron chi connectivity index (χ1n) is 43.8. The summed E-state index contributed by atoms with van der Waals surface area (Å²) in [5.41, 5.74) is 20.3. The number of hydrogen-bond donors (Lipinski definition) is 17. The Labute approximate surface area is 760 Å². The second-order valence-electron chi connectivity index (χ2n) is 33.6. The summed E-state index contributed by atoms with van der Waals surface area (Å²) < 4.78 is 0. The summed E-state index contributed by atoms with van der Waals surface area (Å²) in [5.74, 6) is -17.8. The van der Waals surface area contributed by atoms with Gasteiger partial charge in [0.1, 0.15) is 72.5 Å². The van der Waals surface area contributed by atoms with E-state index in [-0.39, 0.29) is 89.6 Å². The molecule has 0 saturated carbocycles. The molecule has 2 aromatic heterocycles. The molecular formula is C89H128N22O18S. The average molecular weight is 1830 g/mol. The number of guanidine groups is 1. The summed E-state index contributed by atoms with van der Waals surface area (Å²) in [6.07, 6.45) is 4.17. The van der Waals surface area contributed by atoms with Gasteiger partial charge in [0.05, 0.1) is 38.2 Å². The van der Waals surface area contributed by atoms with E-state index in [4.69, 9.17) is 22.6 Å². The number of nitrogens with one attached hydrogen (secondary N) is 13. The number of likely N-dealkylation sites (N-methyl/N-ethyl adjacent to an activating group) is 4. The Bertz CT molecular complexity index is 4780. The third kappa shape index (κ3) is 31.5. The second-order valence-corrected chi connectivity index (χ2v) is 34.6. The van der Waals surface area contributed by atoms with Gasteiger partial charge in [-0.2, -0.15) is 0 Å². The Hall–Kier alpha value is -12.8. The van der Waals surface area contributed by atoms with Crippen LogP contribution in [0.2, 0.25) is 0 Å². The number of nitrogens with zero attached hydrogens (tertiary/aromatic N) is 6. The molecule has 2 aliphatic rings. The molecule has 16 amide bonds. The van der Waals surface area contributed by atoms with Gasteiger partial charge in [0.25, 0.3) is 0 Å². The molecule has 4 heterocycles. The highest BCUT2D eigenvalue weighted by molar-refractivity contribution is 8.00. The van der Waals surface area contributed by atoms with E-state index in [1.807, 2.05) is 26.8 Å². The van der Waals surface area contributed by atoms with Crippen molar-refractivity contribution in [1.82, 2.24) is 92.6 Å². The number of para-hydroxylation sites is 1. The molecule has 5 aromatic rings. The van der Waals surface area contributed by atoms with Gasteiger partial charge in [0.15, 0.2) is 11.7 Å². The maximum Gasteiger partial charge on any atom is 0.246 e. The summed E-state index contributed by atoms with van der Waals surface area (Å²) in [4.78, 5) is 264. The lowest BCUT2D eigenvalue weighted by molar-refractivity contribution is -0.149. The van der Waals surface area contributed by atoms with Gasteiger partial charge in [-0.15, -0.1) is 11.8 Å². The number of aromatic amines is 2. The number of unbranched alkanes of at least 4 members (excludes halogenated alkanes) is 2. The van der Waals surface area contributed by atoms with Gasteiger partial charge < -0.3 is 110 Å². The number of H-pyrrole nitrogens is 2. The van der Waals surface area contributed by atoms with Crippen molar-refractivity contribution in [3.05, 3.63) is 126 Å². The molecule has 2 fully saturated rings. The van der Waals surface area contributed by atoms with Crippen LogP contribution in [-0.4, -0.2) is 296 Å². The largest absolute Gasteiger partial charge is 0.394 e. The highest BCUT2D eigenvalue weighted by Gasteiger charge is 2.44. The number of aliphatic hydroxyl groups is 1. The SMILES string of the molecule is CCCC[C@H]1C(=O)N(C)[C@@H](CCCC)C(=O)N[C@@H](CCCNC(=N)N)C(=O)N[C@H](C(=O)NCC(N)=O)CSCC(=O)N[C@@H](Cc2ccccc2)C(=O)N(C)[C@@H](C)C(=O)N[C@@H](CC(N)=O)C(=O)N2CCC[C@H]2C(=O)N[C@@H](Cc2cnc[nH]2)C(=O)N[C@@H](CC(C)C)C(=O)N(C)CC(=O)C[C@@H](Cc2cccc(C)c2)C(=O)N[C@@H](CO)C(=O)N[C@@H](Cc2c[nH]c3ccccc23)C(=O)N1C. The van der Waals surface area contributed by atoms with Gasteiger partial charge in [-0.25, -0.2) is 4.98 Å². The van der Waals surface area contributed by atoms with Crippen LogP contribution in [0.4, 0.5) is 0 Å². The molecule has 0 radical (unpaired) electrons. The van der Waals surface area contributed by atoms with Crippen molar-refractivity contribution in [2.24, 2.45) is 29.0 Å². The Balaban J connectivity index is 1.30. The van der Waals surface area contributed by atoms with Crippen molar-refractivity contribution in [2.45, 2.75) is 223 Å². The number of benzene rings is 3. The minimum absolute atomic E-state index is 0.00203. The van der Waals surface area contributed by atoms with Crippen LogP contribution >= 0.6 is 11.8 Å². The molecule has 708 valence electrons. The Kier molecular flexibility index (Phi) is 41.2. The molecule has 2 saturated heterocycles. The van der Waals surface area contributed by atoms with Gasteiger partial charge in [-0.3, -0.25) is 86.9 Å². The van der Waals surface area contributed by atoms with Crippen LogP contribution in [0, 0.1) is 24.2 Å². The first kappa shape index (κ1) is 104. The molecular weight excluding hydrogens is 1700 g/mol. The first-order chi connectivity index (χ1) is 61.8. The fourth-order valence-electron chi connectivity index (χ4n) is 15.6. The molecule has 20 N–H and O–H groups in total. The fourth-order valence-corrected chi connectivity index (χ4v) is 16.5. The number of thioether (sulfide) groups is 1. The number of primary amides is 2. The van der Waals surface area contributed by atoms with Crippen molar-refractivity contribution >= 4 is 129 Å². The zero-order valence-corrected chi connectivity index (χ0v) is 76.3. The number of amides is 16. The number of ketones is 1. The van der Waals surface area contributed by atoms with E-state index in [2.05, 4.69) is 68.1 Å². The van der Waals surface area contributed by atoms with Crippen LogP contribution in [0.5, 0.6) is 0 Å². The van der Waals surface area contributed by atoms with Crippen LogP contribution in [0.3, 0.4) is 0 Å². The Morgan fingerprint density at radius 3 is 1.86 bits per heavy atom. The molecule has 40 nitrogen and oxygen atoms in total. The molecule has 3 aromatic carbocycles. The van der Waals surface area contributed by atoms with Crippen LogP contribution in [0.15, 0.2) is 97.6 Å². The summed E-state index contributed by atoms with van der Waals surface area (Å²) in [6, 6.07) is 4.72. The zero-order chi connectivity index (χ0) is 95.6. The Morgan fingerprint density at radius 2 is 1.21 bits per heavy atom. The van der Waals surface area contributed by atoms with E-state index < -0.39 is 229 Å². The third-order valence-corrected chi connectivity index (χ3v) is 23.9. The van der Waals surface area contributed by atoms with Crippen molar-refractivity contribution in [3.8, 4) is 0 Å². The van der Waals surface area contributed by atoms with Crippen LogP contribution < -0.4 is 70.4 Å². The molecule has 0 bridgehead atoms. The number of imidazole rings is 1. The Morgan fingerprint density at radius 1 is 0.592 bits per heavy atom. The smallest absolute Gasteiger partial charge is 0.246 e. The minimum atomic E-state index is -1.79. The molecule has 0 aliphatic carbocycles. The number of aliphatic hydroxyl groups excluding tert-OH is 1. The van der Waals surface area contributed by atoms with Crippen molar-refractivity contribution in [3.63, 3.8) is 0 Å². The maximum absolute atomic E-state index is 15.7. The van der Waals surface area contributed by atoms with Gasteiger partial charge in [-0.1, -0.05) is 132 Å². The van der Waals surface area contributed by atoms with Gasteiger partial charge in [-0.05, 0) is 93.9 Å². The summed E-state index contributed by atoms with van der Waals surface area (Å²) in [5, 5.41) is 46.1. The van der Waals surface area contributed by atoms with E-state index in [0.717, 1.165) is 36.9 Å². The number of nitrogens with two attached hydrogens (primary N) is 3. The van der Waals surface area contributed by atoms with Crippen molar-refractivity contribution < 1.29 is 86.6 Å². The first-order valence-corrected chi connectivity index (χ1v) is 45.0. The number of carbonyl (C=O) groups is 17. The lowest BCUT2D eigenvalue weighted by Crippen LogP contribution is -2.61. The van der Waals surface area contributed by atoms with Gasteiger partial charge in [0, 0.05) is 108 Å². The quantitative estimate of drug-likeness (QED) is 0.0175. The van der Waals surface area contributed by atoms with Gasteiger partial charge >= 0.3 is 0 Å². The topological polar surface area (TPSA) is 593 Å². The predicted octanol–water partition coefficient (Wildman–Crippen LogP) is -1.22. The summed E-state index contributed by atoms with van der Waals surface area (Å²) in [7, 11) is 5.31. The molecule has 7 rings (SSSR count). The highest BCUT2D eigenvalue weighted by Crippen LogP contribution is 2.26. The minimum Gasteiger partial charge on any atom is -0.394 e. The highest BCUT2D eigenvalue weighted by atomic mass is 32.2. The number of fused-ring (bicyclic) bond motifs is 2. The standard InChI is InChI=1S/C89H128N22O18S/c1-11-13-30-70-82(123)100-62(29-21-33-95-89(92)93)79(120)106-69(78(119)97-45-74(91)115)48-130-49-75(116)99-65(38-54-24-16-15-17-25-54)85(126)108(8)53(6)76(117)102-67(42-73(90)114)87(128)111-34-22-32-71(111)83(124)101-63(41-58-44-94-50-98-58)80(121)103-64(35-51(3)4)84(125)107(7)46-59(113)39-56(37-55-26-20-23-52(5)36-55)77(118)105-68(47-112)81(122)104-66(40-57-43-96-61-28-19-18-27-60(57)61)86(127)110(10)72(31-14-12-2)88(129)109(70)9/h15-20,23-28,36,43-44,50-51,53,56,62-72,96,112H,11-14,21-22,29-35,37-42,45-49H2,1-10H3,(H2,90,114)(H2,91,115)(H,94,98)(H,97,119)(H,99,116)(H,100,123)(H,101,124)(H,102,117)(H,103,121)(H,104,122)(H,105,118)(H,106,120)(H4,92,93,95)/t53-,56+,62-,63-,64-,65-,66-,67-,68-,69-,70-,71-,72-/m0/s1. The number of aromatic nitrogens is 3. The number of Topliss-reactive ketones (excluding diaryl/α,β-unsaturated/α-hetero) is 1. The van der Waals surface area contributed by atoms with E-state index in [1.54, 1.807) is 92.8 Å². The van der Waals surface area contributed by atoms with Crippen molar-refractivity contribution in [1.29, 1.82) is 5.41 Å². The maximum atomic E-state index is 15.7. The lowest BCUT2D eigenvalue weighted by atomic mass is 9.92.